The highest BCUT2D eigenvalue weighted by Crippen LogP contribution is 2.33. The molecule has 3 rings (SSSR count). The number of benzene rings is 2. The van der Waals surface area contributed by atoms with Crippen molar-refractivity contribution in [2.24, 2.45) is 0 Å². The van der Waals surface area contributed by atoms with Crippen LogP contribution in [-0.4, -0.2) is 25.2 Å². The van der Waals surface area contributed by atoms with Gasteiger partial charge >= 0.3 is 11.6 Å². The van der Waals surface area contributed by atoms with E-state index in [2.05, 4.69) is 0 Å². The van der Waals surface area contributed by atoms with E-state index in [1.165, 1.54) is 0 Å². The Hall–Kier alpha value is -2.15. The van der Waals surface area contributed by atoms with Crippen molar-refractivity contribution in [2.75, 3.05) is 7.11 Å². The van der Waals surface area contributed by atoms with Gasteiger partial charge in [-0.3, -0.25) is 0 Å². The predicted molar refractivity (Wildman–Crippen MR) is 89.7 cm³/mol. The van der Waals surface area contributed by atoms with E-state index in [4.69, 9.17) is 24.8 Å². The van der Waals surface area contributed by atoms with Crippen molar-refractivity contribution < 1.29 is 18.3 Å². The molecule has 1 N–H and O–H groups in total. The summed E-state index contributed by atoms with van der Waals surface area (Å²) < 4.78 is 23.9. The van der Waals surface area contributed by atoms with Crippen molar-refractivity contribution in [2.45, 2.75) is 6.61 Å². The Morgan fingerprint density at radius 3 is 2.39 bits per heavy atom. The van der Waals surface area contributed by atoms with Crippen molar-refractivity contribution >= 4 is 34.1 Å². The summed E-state index contributed by atoms with van der Waals surface area (Å²) in [5, 5.41) is 11.1. The minimum Gasteiger partial charge on any atom is -0.495 e. The van der Waals surface area contributed by atoms with Gasteiger partial charge in [0.05, 0.1) is 24.3 Å². The summed E-state index contributed by atoms with van der Waals surface area (Å²) in [6, 6.07) is 15.6. The maximum Gasteiger partial charge on any atom is 0.335 e. The van der Waals surface area contributed by atoms with Crippen molar-refractivity contribution in [1.82, 2.24) is 4.57 Å². The van der Waals surface area contributed by atoms with Gasteiger partial charge in [-0.25, -0.2) is 0 Å². The fourth-order valence-electron chi connectivity index (χ4n) is 2.42. The Balaban J connectivity index is 0.000000595. The van der Waals surface area contributed by atoms with Gasteiger partial charge in [0.25, 0.3) is 0 Å². The first-order chi connectivity index (χ1) is 11.2. The lowest BCUT2D eigenvalue weighted by Crippen LogP contribution is -1.99. The van der Waals surface area contributed by atoms with Crippen LogP contribution >= 0.6 is 11.6 Å². The summed E-state index contributed by atoms with van der Waals surface area (Å²) in [4.78, 5) is 0. The number of hydrogen-bond acceptors (Lipinski definition) is 4. The van der Waals surface area contributed by atoms with Crippen LogP contribution in [0.25, 0.3) is 16.6 Å². The Kier molecular flexibility index (Phi) is 5.92. The molecule has 0 fully saturated rings. The molecular formula is C16H14ClNO4S. The van der Waals surface area contributed by atoms with Crippen molar-refractivity contribution in [1.29, 1.82) is 0 Å². The van der Waals surface area contributed by atoms with E-state index >= 15 is 0 Å². The van der Waals surface area contributed by atoms with Crippen LogP contribution in [0.15, 0.2) is 48.5 Å². The van der Waals surface area contributed by atoms with E-state index in [0.717, 1.165) is 22.3 Å². The zero-order valence-electron chi connectivity index (χ0n) is 12.2. The van der Waals surface area contributed by atoms with Crippen LogP contribution in [-0.2, 0) is 18.2 Å². The van der Waals surface area contributed by atoms with Crippen LogP contribution in [0.2, 0.25) is 5.02 Å². The molecule has 7 heteroatoms. The van der Waals surface area contributed by atoms with Gasteiger partial charge in [-0.1, -0.05) is 29.8 Å². The number of hydrogen-bond donors (Lipinski definition) is 1. The largest absolute Gasteiger partial charge is 0.495 e. The van der Waals surface area contributed by atoms with Crippen LogP contribution in [0.1, 0.15) is 5.69 Å². The third-order valence-corrected chi connectivity index (χ3v) is 3.62. The number of aliphatic hydroxyl groups is 1. The molecule has 0 unspecified atom stereocenters. The molecule has 0 bridgehead atoms. The van der Waals surface area contributed by atoms with Gasteiger partial charge in [0.2, 0.25) is 0 Å². The number of rotatable bonds is 3. The first-order valence-corrected chi connectivity index (χ1v) is 7.66. The van der Waals surface area contributed by atoms with Crippen LogP contribution in [0, 0.1) is 0 Å². The van der Waals surface area contributed by atoms with Gasteiger partial charge in [0.15, 0.2) is 0 Å². The fraction of sp³-hybridized carbons (Fsp3) is 0.125. The molecule has 0 aliphatic heterocycles. The number of halogens is 1. The Labute approximate surface area is 141 Å². The molecule has 1 heterocycles. The third-order valence-electron chi connectivity index (χ3n) is 3.33. The quantitative estimate of drug-likeness (QED) is 0.787. The van der Waals surface area contributed by atoms with Crippen LogP contribution < -0.4 is 4.74 Å². The lowest BCUT2D eigenvalue weighted by Gasteiger charge is -2.10. The summed E-state index contributed by atoms with van der Waals surface area (Å²) in [6.45, 7) is -0.0382. The molecule has 0 atom stereocenters. The number of ether oxygens (including phenoxy) is 1. The smallest absolute Gasteiger partial charge is 0.335 e. The van der Waals surface area contributed by atoms with Crippen LogP contribution in [0.3, 0.4) is 0 Å². The van der Waals surface area contributed by atoms with E-state index < -0.39 is 11.6 Å². The molecule has 2 aromatic carbocycles. The highest BCUT2D eigenvalue weighted by molar-refractivity contribution is 7.51. The number of para-hydroxylation sites is 1. The van der Waals surface area contributed by atoms with Gasteiger partial charge in [0, 0.05) is 22.8 Å². The van der Waals surface area contributed by atoms with Crippen molar-refractivity contribution in [3.05, 3.63) is 59.2 Å². The topological polar surface area (TPSA) is 68.5 Å². The minimum atomic E-state index is -0.750. The normalized spacial score (nSPS) is 10.0. The van der Waals surface area contributed by atoms with Gasteiger partial charge in [0.1, 0.15) is 5.75 Å². The maximum atomic E-state index is 9.59. The van der Waals surface area contributed by atoms with Crippen LogP contribution in [0.4, 0.5) is 0 Å². The lowest BCUT2D eigenvalue weighted by atomic mass is 10.2. The van der Waals surface area contributed by atoms with E-state index in [0.29, 0.717) is 10.8 Å². The van der Waals surface area contributed by atoms with Gasteiger partial charge in [-0.15, -0.1) is 0 Å². The van der Waals surface area contributed by atoms with Gasteiger partial charge in [-0.2, -0.15) is 8.42 Å². The molecule has 120 valence electrons. The number of methoxy groups -OCH3 is 1. The zero-order valence-corrected chi connectivity index (χ0v) is 13.8. The molecule has 0 aliphatic carbocycles. The third kappa shape index (κ3) is 3.61. The van der Waals surface area contributed by atoms with Crippen molar-refractivity contribution in [3.63, 3.8) is 0 Å². The van der Waals surface area contributed by atoms with Gasteiger partial charge < -0.3 is 14.4 Å². The SMILES string of the molecule is COc1cc2c(cc1Cl)cc(CO)n2-c1ccccc1.O=S=O. The second kappa shape index (κ2) is 7.92. The summed E-state index contributed by atoms with van der Waals surface area (Å²) in [6.07, 6.45) is 0. The highest BCUT2D eigenvalue weighted by atomic mass is 35.5. The second-order valence-electron chi connectivity index (χ2n) is 4.58. The molecule has 3 aromatic rings. The number of fused-ring (bicyclic) bond motifs is 1. The van der Waals surface area contributed by atoms with E-state index in [1.807, 2.05) is 53.1 Å². The van der Waals surface area contributed by atoms with Crippen molar-refractivity contribution in [3.8, 4) is 11.4 Å². The minimum absolute atomic E-state index is 0.0382. The summed E-state index contributed by atoms with van der Waals surface area (Å²) >= 11 is 5.41. The molecule has 0 aliphatic rings. The molecule has 0 spiro atoms. The molecule has 5 nitrogen and oxygen atoms in total. The van der Waals surface area contributed by atoms with E-state index in [9.17, 15) is 5.11 Å². The second-order valence-corrected chi connectivity index (χ2v) is 5.12. The summed E-state index contributed by atoms with van der Waals surface area (Å²) in [7, 11) is 1.59. The molecule has 0 saturated carbocycles. The number of aliphatic hydroxyl groups excluding tert-OH is 1. The average Bonchev–Trinajstić information content (AvgIpc) is 2.92. The summed E-state index contributed by atoms with van der Waals surface area (Å²) in [5.74, 6) is 0.624. The number of nitrogens with zero attached hydrogens (tertiary/aromatic N) is 1. The average molecular weight is 352 g/mol. The van der Waals surface area contributed by atoms with Crippen LogP contribution in [0.5, 0.6) is 5.75 Å². The monoisotopic (exact) mass is 351 g/mol. The number of aromatic nitrogens is 1. The Bertz CT molecular complexity index is 842. The molecular weight excluding hydrogens is 338 g/mol. The molecule has 0 amide bonds. The molecule has 0 saturated heterocycles. The first kappa shape index (κ1) is 17.2. The first-order valence-electron chi connectivity index (χ1n) is 6.62. The highest BCUT2D eigenvalue weighted by Gasteiger charge is 2.13. The lowest BCUT2D eigenvalue weighted by molar-refractivity contribution is 0.275. The summed E-state index contributed by atoms with van der Waals surface area (Å²) in [5.41, 5.74) is 2.77. The van der Waals surface area contributed by atoms with E-state index in [-0.39, 0.29) is 6.61 Å². The van der Waals surface area contributed by atoms with E-state index in [1.54, 1.807) is 7.11 Å². The zero-order chi connectivity index (χ0) is 16.8. The fourth-order valence-corrected chi connectivity index (χ4v) is 2.67. The molecule has 1 aromatic heterocycles. The molecule has 23 heavy (non-hydrogen) atoms. The Morgan fingerprint density at radius 1 is 1.17 bits per heavy atom. The Morgan fingerprint density at radius 2 is 1.83 bits per heavy atom. The predicted octanol–water partition coefficient (Wildman–Crippen LogP) is 3.11. The van der Waals surface area contributed by atoms with Gasteiger partial charge in [-0.05, 0) is 24.3 Å². The standard InChI is InChI=1S/C16H14ClNO2.O2S/c1-20-16-9-15-11(8-14(16)17)7-13(10-19)18(15)12-5-3-2-4-6-12;1-3-2/h2-9,19H,10H2,1H3;. The maximum absolute atomic E-state index is 9.59. The molecule has 0 radical (unpaired) electrons.